The van der Waals surface area contributed by atoms with Crippen LogP contribution in [0.4, 0.5) is 0 Å². The Hall–Kier alpha value is -1.07. The van der Waals surface area contributed by atoms with Crippen molar-refractivity contribution in [3.05, 3.63) is 55.8 Å². The second kappa shape index (κ2) is 29.4. The number of hydrogen-bond acceptors (Lipinski definition) is 1. The van der Waals surface area contributed by atoms with Crippen LogP contribution >= 0.6 is 0 Å². The molecule has 0 saturated carbocycles. The van der Waals surface area contributed by atoms with E-state index in [4.69, 9.17) is 19.1 Å². The van der Waals surface area contributed by atoms with Gasteiger partial charge >= 0.3 is 33.9 Å². The van der Waals surface area contributed by atoms with Crippen LogP contribution in [0.5, 0.6) is 0 Å². The minimum Gasteiger partial charge on any atom is 0 e. The summed E-state index contributed by atoms with van der Waals surface area (Å²) in [4.78, 5) is 0. The number of rotatable bonds is 3. The molecule has 90 valence electrons. The molecule has 0 aliphatic heterocycles. The van der Waals surface area contributed by atoms with Gasteiger partial charge in [0.1, 0.15) is 0 Å². The van der Waals surface area contributed by atoms with Gasteiger partial charge in [-0.3, -0.25) is 0 Å². The van der Waals surface area contributed by atoms with E-state index in [2.05, 4.69) is 32.1 Å². The molecule has 1 rings (SSSR count). The molecular weight excluding hydrogens is 260 g/mol. The van der Waals surface area contributed by atoms with E-state index in [0.717, 1.165) is 12.8 Å². The third-order valence-electron chi connectivity index (χ3n) is 1.47. The van der Waals surface area contributed by atoms with E-state index in [9.17, 15) is 0 Å². The maximum absolute atomic E-state index is 8.53. The number of aliphatic hydroxyl groups is 1. The van der Waals surface area contributed by atoms with Crippen LogP contribution in [0.3, 0.4) is 0 Å². The fourth-order valence-corrected chi connectivity index (χ4v) is 0.928. The molecule has 0 fully saturated rings. The molecule has 1 aromatic rings. The summed E-state index contributed by atoms with van der Waals surface area (Å²) < 4.78 is 22.5. The second-order valence-corrected chi connectivity index (χ2v) is 2.31. The van der Waals surface area contributed by atoms with Crippen LogP contribution in [0, 0.1) is 20.0 Å². The van der Waals surface area contributed by atoms with E-state index in [0.29, 0.717) is 0 Å². The number of benzene rings is 1. The van der Waals surface area contributed by atoms with Gasteiger partial charge in [-0.05, 0) is 18.4 Å². The van der Waals surface area contributed by atoms with Crippen LogP contribution in [0.15, 0.2) is 30.3 Å². The van der Waals surface area contributed by atoms with Gasteiger partial charge in [0.05, 0.1) is 0 Å². The molecule has 1 aromatic carbocycles. The third-order valence-corrected chi connectivity index (χ3v) is 1.47. The van der Waals surface area contributed by atoms with Gasteiger partial charge in [-0.15, -0.1) is 0 Å². The molecule has 0 spiro atoms. The summed E-state index contributed by atoms with van der Waals surface area (Å²) in [5, 5.41) is 8.53. The first-order chi connectivity index (χ1) is 7.93. The standard InChI is InChI=1S/C9H12O.3CO.Cr/c10-8-4-7-9-5-2-1-3-6-9;3*1-2;/h1-3,5-6,10H,4,7-8H2;;;;. The van der Waals surface area contributed by atoms with Gasteiger partial charge in [0, 0.05) is 24.0 Å². The van der Waals surface area contributed by atoms with Crippen LogP contribution in [0.1, 0.15) is 12.0 Å². The maximum Gasteiger partial charge on any atom is 0 e. The van der Waals surface area contributed by atoms with E-state index < -0.39 is 0 Å². The summed E-state index contributed by atoms with van der Waals surface area (Å²) in [6, 6.07) is 10.2. The van der Waals surface area contributed by atoms with Crippen LogP contribution in [0.2, 0.25) is 0 Å². The molecule has 0 amide bonds. The molecule has 5 heteroatoms. The Bertz CT molecular complexity index is 265. The molecule has 0 radical (unpaired) electrons. The smallest absolute Gasteiger partial charge is 0 e. The quantitative estimate of drug-likeness (QED) is 0.656. The second-order valence-electron chi connectivity index (χ2n) is 2.31. The summed E-state index contributed by atoms with van der Waals surface area (Å²) in [6.07, 6.45) is 1.85. The van der Waals surface area contributed by atoms with Crippen molar-refractivity contribution in [1.29, 1.82) is 0 Å². The zero-order chi connectivity index (χ0) is 13.2. The van der Waals surface area contributed by atoms with Gasteiger partial charge in [0.2, 0.25) is 0 Å². The van der Waals surface area contributed by atoms with Crippen molar-refractivity contribution in [2.75, 3.05) is 6.61 Å². The average Bonchev–Trinajstić information content (AvgIpc) is 2.44. The molecule has 17 heavy (non-hydrogen) atoms. The Labute approximate surface area is 112 Å². The van der Waals surface area contributed by atoms with E-state index in [1.807, 2.05) is 18.2 Å². The Balaban J connectivity index is -0.000000106. The molecule has 0 atom stereocenters. The number of aryl methyl sites for hydroxylation is 1. The molecular formula is C12H12CrO4. The minimum atomic E-state index is 0. The largest absolute Gasteiger partial charge is 0 e. The SMILES string of the molecule is OCCCc1ccccc1.[C-]#[O+].[C-]#[O+].[C-]#[O+].[Cr]. The van der Waals surface area contributed by atoms with Gasteiger partial charge in [-0.1, -0.05) is 30.3 Å². The van der Waals surface area contributed by atoms with E-state index in [-0.39, 0.29) is 24.0 Å². The zero-order valence-corrected chi connectivity index (χ0v) is 10.4. The fraction of sp³-hybridized carbons (Fsp3) is 0.250. The number of aliphatic hydroxyl groups excluding tert-OH is 1. The molecule has 4 nitrogen and oxygen atoms in total. The summed E-state index contributed by atoms with van der Waals surface area (Å²) in [6.45, 7) is 13.8. The van der Waals surface area contributed by atoms with Gasteiger partial charge in [0.25, 0.3) is 0 Å². The number of hydrogen-bond donors (Lipinski definition) is 1. The average molecular weight is 272 g/mol. The minimum absolute atomic E-state index is 0. The van der Waals surface area contributed by atoms with Gasteiger partial charge in [-0.25, -0.2) is 0 Å². The van der Waals surface area contributed by atoms with E-state index in [1.165, 1.54) is 5.56 Å². The maximum atomic E-state index is 8.53. The van der Waals surface area contributed by atoms with Gasteiger partial charge < -0.3 is 5.11 Å². The van der Waals surface area contributed by atoms with Crippen molar-refractivity contribution in [3.63, 3.8) is 0 Å². The third kappa shape index (κ3) is 20.9. The normalized spacial score (nSPS) is 6.06. The fourth-order valence-electron chi connectivity index (χ4n) is 0.928. The van der Waals surface area contributed by atoms with Crippen molar-refractivity contribution in [3.8, 4) is 0 Å². The van der Waals surface area contributed by atoms with Crippen molar-refractivity contribution >= 4 is 0 Å². The van der Waals surface area contributed by atoms with E-state index in [1.54, 1.807) is 0 Å². The summed E-state index contributed by atoms with van der Waals surface area (Å²) >= 11 is 0. The summed E-state index contributed by atoms with van der Waals surface area (Å²) in [5.74, 6) is 0. The van der Waals surface area contributed by atoms with Gasteiger partial charge in [0.15, 0.2) is 0 Å². The first-order valence-corrected chi connectivity index (χ1v) is 4.19. The van der Waals surface area contributed by atoms with Crippen molar-refractivity contribution < 1.29 is 36.4 Å². The topological polar surface area (TPSA) is 79.9 Å². The molecule has 0 aliphatic rings. The Morgan fingerprint density at radius 1 is 0.882 bits per heavy atom. The summed E-state index contributed by atoms with van der Waals surface area (Å²) in [5.41, 5.74) is 1.30. The van der Waals surface area contributed by atoms with Crippen molar-refractivity contribution in [2.45, 2.75) is 12.8 Å². The van der Waals surface area contributed by atoms with Crippen LogP contribution in [0.25, 0.3) is 0 Å². The first kappa shape index (κ1) is 25.0. The van der Waals surface area contributed by atoms with Crippen LogP contribution in [-0.2, 0) is 37.7 Å². The molecule has 0 aliphatic carbocycles. The molecule has 0 heterocycles. The zero-order valence-electron chi connectivity index (χ0n) is 9.09. The monoisotopic (exact) mass is 272 g/mol. The van der Waals surface area contributed by atoms with Crippen molar-refractivity contribution in [2.24, 2.45) is 0 Å². The Morgan fingerprint density at radius 2 is 1.29 bits per heavy atom. The van der Waals surface area contributed by atoms with Crippen LogP contribution in [-0.4, -0.2) is 11.7 Å². The van der Waals surface area contributed by atoms with Gasteiger partial charge in [-0.2, -0.15) is 0 Å². The Morgan fingerprint density at radius 3 is 1.65 bits per heavy atom. The molecule has 1 N–H and O–H groups in total. The van der Waals surface area contributed by atoms with Crippen LogP contribution < -0.4 is 0 Å². The molecule has 0 aromatic heterocycles. The predicted octanol–water partition coefficient (Wildman–Crippen LogP) is 1.50. The summed E-state index contributed by atoms with van der Waals surface area (Å²) in [7, 11) is 0. The molecule has 0 saturated heterocycles. The first-order valence-electron chi connectivity index (χ1n) is 4.19. The molecule has 0 bridgehead atoms. The Kier molecular flexibility index (Phi) is 43.1. The van der Waals surface area contributed by atoms with E-state index >= 15 is 0 Å². The van der Waals surface area contributed by atoms with Crippen molar-refractivity contribution in [1.82, 2.24) is 0 Å². The predicted molar refractivity (Wildman–Crippen MR) is 53.6 cm³/mol. The molecule has 0 unspecified atom stereocenters.